The summed E-state index contributed by atoms with van der Waals surface area (Å²) in [7, 11) is 2.61. The molecule has 9 heteroatoms. The molecule has 2 rings (SSSR count). The number of aliphatic imine (C=N–C) groups is 1. The minimum atomic E-state index is -3.02. The minimum Gasteiger partial charge on any atom is -0.493 e. The van der Waals surface area contributed by atoms with Gasteiger partial charge in [-0.3, -0.25) is 4.79 Å². The molecule has 1 heterocycles. The van der Waals surface area contributed by atoms with E-state index in [0.29, 0.717) is 10.5 Å². The van der Waals surface area contributed by atoms with E-state index in [1.807, 2.05) is 0 Å². The van der Waals surface area contributed by atoms with Crippen molar-refractivity contribution in [1.82, 2.24) is 0 Å². The topological polar surface area (TPSA) is 83.1 Å². The number of carbonyl (C=O) groups excluding carboxylic acids is 1. The summed E-state index contributed by atoms with van der Waals surface area (Å²) in [5, 5.41) is 0.146. The Kier molecular flexibility index (Phi) is 4.86. The number of nitrogens with two attached hydrogens (primary N) is 1. The number of alkyl halides is 2. The van der Waals surface area contributed by atoms with Crippen LogP contribution in [0.3, 0.4) is 0 Å². The fourth-order valence-corrected chi connectivity index (χ4v) is 2.45. The number of methoxy groups -OCH3 is 2. The minimum absolute atomic E-state index is 0.0517. The lowest BCUT2D eigenvalue weighted by Crippen LogP contribution is -2.05. The van der Waals surface area contributed by atoms with Gasteiger partial charge in [0.05, 0.1) is 19.1 Å². The van der Waals surface area contributed by atoms with Crippen LogP contribution in [0.5, 0.6) is 17.2 Å². The molecule has 22 heavy (non-hydrogen) atoms. The second kappa shape index (κ2) is 6.65. The van der Waals surface area contributed by atoms with Gasteiger partial charge >= 0.3 is 6.61 Å². The molecule has 0 fully saturated rings. The Morgan fingerprint density at radius 2 is 1.86 bits per heavy atom. The van der Waals surface area contributed by atoms with Gasteiger partial charge in [0.1, 0.15) is 0 Å². The van der Waals surface area contributed by atoms with E-state index in [-0.39, 0.29) is 22.4 Å². The van der Waals surface area contributed by atoms with Crippen molar-refractivity contribution in [3.8, 4) is 17.2 Å². The number of thioether (sulfide) groups is 1. The molecule has 1 aromatic carbocycles. The van der Waals surface area contributed by atoms with Crippen LogP contribution in [0, 0.1) is 0 Å². The van der Waals surface area contributed by atoms with Gasteiger partial charge in [0.25, 0.3) is 5.91 Å². The van der Waals surface area contributed by atoms with Crippen molar-refractivity contribution in [2.45, 2.75) is 6.61 Å². The smallest absolute Gasteiger partial charge is 0.387 e. The van der Waals surface area contributed by atoms with Crippen molar-refractivity contribution in [2.75, 3.05) is 14.2 Å². The van der Waals surface area contributed by atoms with Gasteiger partial charge in [0.15, 0.2) is 16.7 Å². The monoisotopic (exact) mass is 330 g/mol. The summed E-state index contributed by atoms with van der Waals surface area (Å²) in [4.78, 5) is 15.4. The zero-order valence-corrected chi connectivity index (χ0v) is 12.4. The summed E-state index contributed by atoms with van der Waals surface area (Å²) in [6.45, 7) is -3.02. The van der Waals surface area contributed by atoms with Crippen LogP contribution >= 0.6 is 11.8 Å². The first-order valence-corrected chi connectivity index (χ1v) is 6.75. The van der Waals surface area contributed by atoms with Gasteiger partial charge in [-0.2, -0.15) is 13.8 Å². The normalized spacial score (nSPS) is 16.1. The number of carbonyl (C=O) groups is 1. The van der Waals surface area contributed by atoms with Gasteiger partial charge in [-0.15, -0.1) is 0 Å². The van der Waals surface area contributed by atoms with E-state index in [1.54, 1.807) is 0 Å². The molecule has 118 valence electrons. The first-order valence-electron chi connectivity index (χ1n) is 5.93. The van der Waals surface area contributed by atoms with Crippen molar-refractivity contribution >= 4 is 28.9 Å². The number of hydrogen-bond acceptors (Lipinski definition) is 6. The lowest BCUT2D eigenvalue weighted by molar-refractivity contribution is -0.113. The van der Waals surface area contributed by atoms with Gasteiger partial charge < -0.3 is 19.9 Å². The van der Waals surface area contributed by atoms with Crippen molar-refractivity contribution in [3.05, 3.63) is 22.6 Å². The van der Waals surface area contributed by atoms with E-state index in [2.05, 4.69) is 9.73 Å². The Labute approximate surface area is 128 Å². The lowest BCUT2D eigenvalue weighted by atomic mass is 10.1. The second-order valence-corrected chi connectivity index (χ2v) is 5.06. The quantitative estimate of drug-likeness (QED) is 0.834. The highest BCUT2D eigenvalue weighted by Gasteiger charge is 2.21. The van der Waals surface area contributed by atoms with Crippen LogP contribution in [0.25, 0.3) is 6.08 Å². The van der Waals surface area contributed by atoms with Gasteiger partial charge in [-0.05, 0) is 35.5 Å². The molecule has 0 saturated heterocycles. The third-order valence-electron chi connectivity index (χ3n) is 2.62. The van der Waals surface area contributed by atoms with E-state index in [1.165, 1.54) is 32.4 Å². The van der Waals surface area contributed by atoms with Gasteiger partial charge in [-0.25, -0.2) is 0 Å². The third-order valence-corrected chi connectivity index (χ3v) is 3.44. The first-order chi connectivity index (χ1) is 10.4. The molecular weight excluding hydrogens is 318 g/mol. The Bertz CT molecular complexity index is 636. The molecule has 0 radical (unpaired) electrons. The van der Waals surface area contributed by atoms with Crippen molar-refractivity contribution in [1.29, 1.82) is 0 Å². The average molecular weight is 330 g/mol. The number of hydrogen-bond donors (Lipinski definition) is 1. The van der Waals surface area contributed by atoms with Crippen molar-refractivity contribution < 1.29 is 27.8 Å². The molecule has 0 atom stereocenters. The number of rotatable bonds is 5. The molecule has 6 nitrogen and oxygen atoms in total. The molecule has 0 bridgehead atoms. The third kappa shape index (κ3) is 3.48. The highest BCUT2D eigenvalue weighted by atomic mass is 32.2. The molecule has 1 amide bonds. The Morgan fingerprint density at radius 1 is 1.27 bits per heavy atom. The summed E-state index contributed by atoms with van der Waals surface area (Å²) in [6, 6.07) is 2.88. The Morgan fingerprint density at radius 3 is 2.27 bits per heavy atom. The van der Waals surface area contributed by atoms with E-state index in [0.717, 1.165) is 11.8 Å². The van der Waals surface area contributed by atoms with Crippen LogP contribution < -0.4 is 19.9 Å². The predicted octanol–water partition coefficient (Wildman–Crippen LogP) is 2.23. The molecule has 2 N–H and O–H groups in total. The Balaban J connectivity index is 2.42. The standard InChI is InChI=1S/C13H12F2N2O4S/c1-19-7-3-6(5-9-11(18)17-13(16)22-9)4-8(20-2)10(7)21-12(14)15/h3-5,12H,1-2H3,(H2,16,17,18)/b9-5-. The molecule has 1 aliphatic heterocycles. The maximum atomic E-state index is 12.5. The highest BCUT2D eigenvalue weighted by Crippen LogP contribution is 2.40. The maximum absolute atomic E-state index is 12.5. The van der Waals surface area contributed by atoms with Crippen LogP contribution in [0.15, 0.2) is 22.0 Å². The van der Waals surface area contributed by atoms with Gasteiger partial charge in [0.2, 0.25) is 5.75 Å². The van der Waals surface area contributed by atoms with E-state index in [9.17, 15) is 13.6 Å². The van der Waals surface area contributed by atoms with E-state index in [4.69, 9.17) is 15.2 Å². The predicted molar refractivity (Wildman–Crippen MR) is 78.4 cm³/mol. The lowest BCUT2D eigenvalue weighted by Gasteiger charge is -2.14. The van der Waals surface area contributed by atoms with Crippen LogP contribution in [0.1, 0.15) is 5.56 Å². The number of halogens is 2. The van der Waals surface area contributed by atoms with E-state index < -0.39 is 12.5 Å². The summed E-state index contributed by atoms with van der Waals surface area (Å²) in [5.41, 5.74) is 5.96. The van der Waals surface area contributed by atoms with Crippen LogP contribution in [0.2, 0.25) is 0 Å². The Hall–Kier alpha value is -2.29. The highest BCUT2D eigenvalue weighted by molar-refractivity contribution is 8.18. The van der Waals surface area contributed by atoms with Crippen LogP contribution in [-0.4, -0.2) is 31.9 Å². The molecule has 0 spiro atoms. The van der Waals surface area contributed by atoms with Crippen molar-refractivity contribution in [2.24, 2.45) is 10.7 Å². The number of amidine groups is 1. The van der Waals surface area contributed by atoms with Crippen LogP contribution in [0.4, 0.5) is 8.78 Å². The second-order valence-electron chi connectivity index (χ2n) is 4.00. The maximum Gasteiger partial charge on any atom is 0.387 e. The zero-order valence-electron chi connectivity index (χ0n) is 11.6. The fourth-order valence-electron chi connectivity index (χ4n) is 1.77. The number of nitrogens with zero attached hydrogens (tertiary/aromatic N) is 1. The number of benzene rings is 1. The molecule has 1 aromatic rings. The van der Waals surface area contributed by atoms with Gasteiger partial charge in [-0.1, -0.05) is 0 Å². The fraction of sp³-hybridized carbons (Fsp3) is 0.231. The van der Waals surface area contributed by atoms with Crippen LogP contribution in [-0.2, 0) is 4.79 Å². The summed E-state index contributed by atoms with van der Waals surface area (Å²) in [5.74, 6) is -0.580. The summed E-state index contributed by atoms with van der Waals surface area (Å²) < 4.78 is 39.4. The molecule has 0 aromatic heterocycles. The molecular formula is C13H12F2N2O4S. The van der Waals surface area contributed by atoms with E-state index >= 15 is 0 Å². The number of ether oxygens (including phenoxy) is 3. The molecule has 1 aliphatic rings. The summed E-state index contributed by atoms with van der Waals surface area (Å²) in [6.07, 6.45) is 1.51. The number of amides is 1. The van der Waals surface area contributed by atoms with Gasteiger partial charge in [0, 0.05) is 0 Å². The van der Waals surface area contributed by atoms with Crippen molar-refractivity contribution in [3.63, 3.8) is 0 Å². The average Bonchev–Trinajstić information content (AvgIpc) is 2.77. The largest absolute Gasteiger partial charge is 0.493 e. The molecule has 0 saturated carbocycles. The SMILES string of the molecule is COc1cc(/C=C2\SC(N)=NC2=O)cc(OC)c1OC(F)F. The summed E-state index contributed by atoms with van der Waals surface area (Å²) >= 11 is 1.02. The first kappa shape index (κ1) is 16.1. The molecule has 0 aliphatic carbocycles. The molecule has 0 unspecified atom stereocenters. The zero-order chi connectivity index (χ0) is 16.3.